The van der Waals surface area contributed by atoms with Gasteiger partial charge in [0.2, 0.25) is 0 Å². The van der Waals surface area contributed by atoms with Crippen LogP contribution in [0, 0.1) is 5.82 Å². The van der Waals surface area contributed by atoms with Crippen molar-refractivity contribution >= 4 is 5.65 Å². The predicted molar refractivity (Wildman–Crippen MR) is 77.0 cm³/mol. The summed E-state index contributed by atoms with van der Waals surface area (Å²) in [5, 5.41) is 0. The van der Waals surface area contributed by atoms with E-state index in [-0.39, 0.29) is 11.9 Å². The summed E-state index contributed by atoms with van der Waals surface area (Å²) in [4.78, 5) is 4.64. The number of pyridine rings is 1. The van der Waals surface area contributed by atoms with Gasteiger partial charge in [-0.25, -0.2) is 9.37 Å². The van der Waals surface area contributed by atoms with E-state index in [9.17, 15) is 4.39 Å². The Morgan fingerprint density at radius 2 is 1.95 bits per heavy atom. The average Bonchev–Trinajstić information content (AvgIpc) is 2.79. The van der Waals surface area contributed by atoms with Crippen LogP contribution in [-0.4, -0.2) is 9.38 Å². The molecule has 0 aliphatic carbocycles. The van der Waals surface area contributed by atoms with Gasteiger partial charge >= 0.3 is 0 Å². The summed E-state index contributed by atoms with van der Waals surface area (Å²) in [6, 6.07) is 12.3. The Hall–Kier alpha value is -2.20. The predicted octanol–water partition coefficient (Wildman–Crippen LogP) is 3.08. The smallest absolute Gasteiger partial charge is 0.137 e. The van der Waals surface area contributed by atoms with Crippen molar-refractivity contribution in [3.63, 3.8) is 0 Å². The largest absolute Gasteiger partial charge is 0.323 e. The molecule has 4 heteroatoms. The quantitative estimate of drug-likeness (QED) is 0.794. The maximum atomic E-state index is 13.0. The molecule has 0 saturated heterocycles. The van der Waals surface area contributed by atoms with E-state index >= 15 is 0 Å². The van der Waals surface area contributed by atoms with Crippen molar-refractivity contribution in [2.75, 3.05) is 0 Å². The van der Waals surface area contributed by atoms with E-state index in [0.29, 0.717) is 6.42 Å². The molecule has 2 N–H and O–H groups in total. The monoisotopic (exact) mass is 269 g/mol. The molecule has 1 unspecified atom stereocenters. The second kappa shape index (κ2) is 5.06. The van der Waals surface area contributed by atoms with Crippen LogP contribution in [0.4, 0.5) is 4.39 Å². The first-order valence-corrected chi connectivity index (χ1v) is 6.61. The molecular formula is C16H16FN3. The molecule has 0 amide bonds. The van der Waals surface area contributed by atoms with E-state index in [1.165, 1.54) is 12.1 Å². The van der Waals surface area contributed by atoms with Crippen molar-refractivity contribution in [1.82, 2.24) is 9.38 Å². The van der Waals surface area contributed by atoms with Crippen LogP contribution in [0.3, 0.4) is 0 Å². The van der Waals surface area contributed by atoms with Crippen LogP contribution in [0.2, 0.25) is 0 Å². The van der Waals surface area contributed by atoms with E-state index in [0.717, 1.165) is 22.6 Å². The van der Waals surface area contributed by atoms with E-state index in [1.807, 2.05) is 35.7 Å². The van der Waals surface area contributed by atoms with Crippen molar-refractivity contribution in [2.45, 2.75) is 19.4 Å². The Labute approximate surface area is 116 Å². The number of nitrogens with two attached hydrogens (primary N) is 1. The third kappa shape index (κ3) is 2.30. The average molecular weight is 269 g/mol. The zero-order valence-corrected chi connectivity index (χ0v) is 11.3. The molecule has 3 rings (SSSR count). The van der Waals surface area contributed by atoms with Crippen LogP contribution in [0.5, 0.6) is 0 Å². The third-order valence-corrected chi connectivity index (χ3v) is 3.36. The molecular weight excluding hydrogens is 253 g/mol. The van der Waals surface area contributed by atoms with Gasteiger partial charge < -0.3 is 10.1 Å². The summed E-state index contributed by atoms with van der Waals surface area (Å²) in [6.07, 6.45) is 2.62. The fraction of sp³-hybridized carbons (Fsp3) is 0.188. The first-order chi connectivity index (χ1) is 9.65. The molecule has 3 nitrogen and oxygen atoms in total. The number of hydrogen-bond acceptors (Lipinski definition) is 2. The summed E-state index contributed by atoms with van der Waals surface area (Å²) >= 11 is 0. The van der Waals surface area contributed by atoms with Crippen molar-refractivity contribution in [3.05, 3.63) is 71.4 Å². The Balaban J connectivity index is 2.06. The fourth-order valence-electron chi connectivity index (χ4n) is 2.47. The fourth-order valence-corrected chi connectivity index (χ4v) is 2.47. The number of fused-ring (bicyclic) bond motifs is 1. The molecule has 2 heterocycles. The highest BCUT2D eigenvalue weighted by Gasteiger charge is 2.15. The minimum Gasteiger partial charge on any atom is -0.323 e. The topological polar surface area (TPSA) is 43.3 Å². The maximum Gasteiger partial charge on any atom is 0.137 e. The van der Waals surface area contributed by atoms with Crippen LogP contribution in [0.1, 0.15) is 29.9 Å². The highest BCUT2D eigenvalue weighted by atomic mass is 19.1. The summed E-state index contributed by atoms with van der Waals surface area (Å²) < 4.78 is 15.0. The van der Waals surface area contributed by atoms with Gasteiger partial charge in [-0.1, -0.05) is 18.2 Å². The van der Waals surface area contributed by atoms with E-state index in [2.05, 4.69) is 4.98 Å². The lowest BCUT2D eigenvalue weighted by Gasteiger charge is -2.08. The Morgan fingerprint density at radius 1 is 1.20 bits per heavy atom. The van der Waals surface area contributed by atoms with Crippen LogP contribution in [-0.2, 0) is 6.42 Å². The molecule has 2 aromatic heterocycles. The van der Waals surface area contributed by atoms with Gasteiger partial charge in [-0.3, -0.25) is 0 Å². The number of imidazole rings is 1. The normalized spacial score (nSPS) is 12.8. The molecule has 20 heavy (non-hydrogen) atoms. The van der Waals surface area contributed by atoms with Crippen molar-refractivity contribution in [3.8, 4) is 0 Å². The van der Waals surface area contributed by atoms with Crippen molar-refractivity contribution in [1.29, 1.82) is 0 Å². The highest BCUT2D eigenvalue weighted by Crippen LogP contribution is 2.21. The van der Waals surface area contributed by atoms with Gasteiger partial charge in [-0.2, -0.15) is 0 Å². The summed E-state index contributed by atoms with van der Waals surface area (Å²) in [5.41, 5.74) is 9.94. The maximum absolute atomic E-state index is 13.0. The first-order valence-electron chi connectivity index (χ1n) is 6.61. The van der Waals surface area contributed by atoms with E-state index in [4.69, 9.17) is 5.73 Å². The van der Waals surface area contributed by atoms with E-state index < -0.39 is 0 Å². The van der Waals surface area contributed by atoms with Gasteiger partial charge in [0.1, 0.15) is 11.5 Å². The van der Waals surface area contributed by atoms with Gasteiger partial charge in [-0.15, -0.1) is 0 Å². The SMILES string of the molecule is CC(N)c1c(Cc2ccc(F)cc2)nc2ccccn12. The number of benzene rings is 1. The highest BCUT2D eigenvalue weighted by molar-refractivity contribution is 5.45. The Morgan fingerprint density at radius 3 is 2.65 bits per heavy atom. The molecule has 0 fully saturated rings. The second-order valence-corrected chi connectivity index (χ2v) is 4.96. The lowest BCUT2D eigenvalue weighted by atomic mass is 10.1. The summed E-state index contributed by atoms with van der Waals surface area (Å²) in [7, 11) is 0. The standard InChI is InChI=1S/C16H16FN3/c1-11(18)16-14(10-12-5-7-13(17)8-6-12)19-15-4-2-3-9-20(15)16/h2-9,11H,10,18H2,1H3. The number of hydrogen-bond donors (Lipinski definition) is 1. The lowest BCUT2D eigenvalue weighted by Crippen LogP contribution is -2.11. The number of nitrogens with zero attached hydrogens (tertiary/aromatic N) is 2. The number of aromatic nitrogens is 2. The molecule has 1 atom stereocenters. The summed E-state index contributed by atoms with van der Waals surface area (Å²) in [5.74, 6) is -0.226. The summed E-state index contributed by atoms with van der Waals surface area (Å²) in [6.45, 7) is 1.95. The van der Waals surface area contributed by atoms with Gasteiger partial charge in [0, 0.05) is 18.7 Å². The van der Waals surface area contributed by atoms with Crippen molar-refractivity contribution < 1.29 is 4.39 Å². The van der Waals surface area contributed by atoms with E-state index in [1.54, 1.807) is 12.1 Å². The number of halogens is 1. The molecule has 0 spiro atoms. The molecule has 3 aromatic rings. The van der Waals surface area contributed by atoms with Gasteiger partial charge in [-0.05, 0) is 36.8 Å². The Kier molecular flexibility index (Phi) is 3.24. The third-order valence-electron chi connectivity index (χ3n) is 3.36. The van der Waals surface area contributed by atoms with Crippen LogP contribution < -0.4 is 5.73 Å². The second-order valence-electron chi connectivity index (χ2n) is 4.96. The Bertz CT molecular complexity index is 729. The minimum absolute atomic E-state index is 0.108. The van der Waals surface area contributed by atoms with Gasteiger partial charge in [0.05, 0.1) is 11.4 Å². The molecule has 0 aliphatic rings. The lowest BCUT2D eigenvalue weighted by molar-refractivity contribution is 0.627. The molecule has 1 aromatic carbocycles. The minimum atomic E-state index is -0.226. The first kappa shape index (κ1) is 12.8. The van der Waals surface area contributed by atoms with Crippen LogP contribution in [0.15, 0.2) is 48.7 Å². The molecule has 102 valence electrons. The van der Waals surface area contributed by atoms with Gasteiger partial charge in [0.25, 0.3) is 0 Å². The number of rotatable bonds is 3. The molecule has 0 saturated carbocycles. The molecule has 0 aliphatic heterocycles. The van der Waals surface area contributed by atoms with Crippen molar-refractivity contribution in [2.24, 2.45) is 5.73 Å². The zero-order chi connectivity index (χ0) is 14.1. The van der Waals surface area contributed by atoms with Gasteiger partial charge in [0.15, 0.2) is 0 Å². The van der Waals surface area contributed by atoms with Crippen LogP contribution >= 0.6 is 0 Å². The molecule has 0 bridgehead atoms. The molecule has 0 radical (unpaired) electrons. The van der Waals surface area contributed by atoms with Crippen LogP contribution in [0.25, 0.3) is 5.65 Å². The zero-order valence-electron chi connectivity index (χ0n) is 11.3.